The molecule has 0 bridgehead atoms. The van der Waals surface area contributed by atoms with Crippen molar-refractivity contribution in [1.82, 2.24) is 4.90 Å². The van der Waals surface area contributed by atoms with Gasteiger partial charge in [-0.3, -0.25) is 4.90 Å². The maximum atomic E-state index is 6.11. The molecule has 0 amide bonds. The number of likely N-dealkylation sites (N-methyl/N-ethyl adjacent to an activating group) is 1. The van der Waals surface area contributed by atoms with Gasteiger partial charge in [0.25, 0.3) is 0 Å². The number of hydrogen-bond donors (Lipinski definition) is 1. The molecule has 19 heavy (non-hydrogen) atoms. The van der Waals surface area contributed by atoms with Gasteiger partial charge in [0.2, 0.25) is 0 Å². The summed E-state index contributed by atoms with van der Waals surface area (Å²) in [5.74, 6) is 0. The Labute approximate surface area is 124 Å². The fraction of sp³-hybridized carbons (Fsp3) is 0.600. The third-order valence-electron chi connectivity index (χ3n) is 4.37. The summed E-state index contributed by atoms with van der Waals surface area (Å²) in [7, 11) is 3.91. The largest absolute Gasteiger partial charge is 0.383 e. The zero-order valence-corrected chi connectivity index (χ0v) is 13.4. The van der Waals surface area contributed by atoms with Crippen molar-refractivity contribution >= 4 is 15.9 Å². The molecular formula is C15H23BrN2O. The van der Waals surface area contributed by atoms with Crippen LogP contribution in [-0.2, 0) is 17.6 Å². The number of fused-ring (bicyclic) bond motifs is 1. The van der Waals surface area contributed by atoms with Crippen LogP contribution in [0.5, 0.6) is 0 Å². The second-order valence-corrected chi connectivity index (χ2v) is 6.35. The summed E-state index contributed by atoms with van der Waals surface area (Å²) in [5, 5.41) is 0. The average molecular weight is 327 g/mol. The van der Waals surface area contributed by atoms with Crippen molar-refractivity contribution in [3.05, 3.63) is 33.8 Å². The quantitative estimate of drug-likeness (QED) is 0.901. The molecule has 0 spiro atoms. The number of ether oxygens (including phenoxy) is 1. The summed E-state index contributed by atoms with van der Waals surface area (Å²) in [6.45, 7) is 2.38. The molecule has 0 saturated carbocycles. The second-order valence-electron chi connectivity index (χ2n) is 5.43. The summed E-state index contributed by atoms with van der Waals surface area (Å²) in [6, 6.07) is 6.60. The second kappa shape index (κ2) is 6.35. The lowest BCUT2D eigenvalue weighted by Crippen LogP contribution is -2.56. The molecular weight excluding hydrogens is 304 g/mol. The van der Waals surface area contributed by atoms with Gasteiger partial charge in [0, 0.05) is 30.2 Å². The molecule has 0 aliphatic heterocycles. The van der Waals surface area contributed by atoms with Gasteiger partial charge >= 0.3 is 0 Å². The van der Waals surface area contributed by atoms with Gasteiger partial charge in [-0.15, -0.1) is 0 Å². The maximum absolute atomic E-state index is 6.11. The van der Waals surface area contributed by atoms with Crippen LogP contribution in [0.3, 0.4) is 0 Å². The summed E-state index contributed by atoms with van der Waals surface area (Å²) >= 11 is 3.55. The van der Waals surface area contributed by atoms with Crippen molar-refractivity contribution in [1.29, 1.82) is 0 Å². The molecule has 0 saturated heterocycles. The standard InChI is InChI=1S/C15H23BrN2O/c1-18(7-8-19-2)15(11-17)6-5-12-9-14(16)4-3-13(12)10-15/h3-4,9H,5-8,10-11,17H2,1-2H3. The van der Waals surface area contributed by atoms with Crippen LogP contribution < -0.4 is 5.73 Å². The third kappa shape index (κ3) is 3.19. The minimum atomic E-state index is 0.0827. The van der Waals surface area contributed by atoms with E-state index in [2.05, 4.69) is 46.1 Å². The Morgan fingerprint density at radius 1 is 1.42 bits per heavy atom. The Kier molecular flexibility index (Phi) is 5.01. The number of benzene rings is 1. The molecule has 106 valence electrons. The Morgan fingerprint density at radius 2 is 2.21 bits per heavy atom. The molecule has 1 aromatic carbocycles. The number of aryl methyl sites for hydroxylation is 1. The Balaban J connectivity index is 2.18. The molecule has 0 radical (unpaired) electrons. The van der Waals surface area contributed by atoms with Crippen LogP contribution in [0.4, 0.5) is 0 Å². The summed E-state index contributed by atoms with van der Waals surface area (Å²) in [5.41, 5.74) is 9.08. The van der Waals surface area contributed by atoms with Crippen LogP contribution in [0.2, 0.25) is 0 Å². The van der Waals surface area contributed by atoms with Gasteiger partial charge in [-0.05, 0) is 49.6 Å². The minimum absolute atomic E-state index is 0.0827. The first kappa shape index (κ1) is 15.0. The highest BCUT2D eigenvalue weighted by Crippen LogP contribution is 2.33. The summed E-state index contributed by atoms with van der Waals surface area (Å²) < 4.78 is 6.36. The highest BCUT2D eigenvalue weighted by Gasteiger charge is 2.36. The van der Waals surface area contributed by atoms with Crippen molar-refractivity contribution in [3.8, 4) is 0 Å². The van der Waals surface area contributed by atoms with E-state index in [-0.39, 0.29) is 5.54 Å². The van der Waals surface area contributed by atoms with Crippen LogP contribution in [0.25, 0.3) is 0 Å². The van der Waals surface area contributed by atoms with E-state index in [1.165, 1.54) is 15.6 Å². The predicted molar refractivity (Wildman–Crippen MR) is 82.5 cm³/mol. The zero-order chi connectivity index (χ0) is 13.9. The molecule has 0 fully saturated rings. The van der Waals surface area contributed by atoms with Crippen molar-refractivity contribution in [3.63, 3.8) is 0 Å². The third-order valence-corrected chi connectivity index (χ3v) is 4.86. The average Bonchev–Trinajstić information content (AvgIpc) is 2.44. The zero-order valence-electron chi connectivity index (χ0n) is 11.8. The summed E-state index contributed by atoms with van der Waals surface area (Å²) in [4.78, 5) is 2.38. The van der Waals surface area contributed by atoms with Gasteiger partial charge in [0.05, 0.1) is 6.61 Å². The monoisotopic (exact) mass is 326 g/mol. The molecule has 3 nitrogen and oxygen atoms in total. The number of methoxy groups -OCH3 is 1. The van der Waals surface area contributed by atoms with Gasteiger partial charge in [-0.1, -0.05) is 22.0 Å². The Hall–Kier alpha value is -0.420. The molecule has 4 heteroatoms. The summed E-state index contributed by atoms with van der Waals surface area (Å²) in [6.07, 6.45) is 3.25. The molecule has 1 aliphatic rings. The van der Waals surface area contributed by atoms with Crippen LogP contribution in [0, 0.1) is 0 Å². The van der Waals surface area contributed by atoms with Gasteiger partial charge in [0.1, 0.15) is 0 Å². The van der Waals surface area contributed by atoms with Gasteiger partial charge in [-0.25, -0.2) is 0 Å². The fourth-order valence-electron chi connectivity index (χ4n) is 2.93. The number of halogens is 1. The van der Waals surface area contributed by atoms with E-state index in [0.29, 0.717) is 6.54 Å². The SMILES string of the molecule is COCCN(C)C1(CN)CCc2cc(Br)ccc2C1. The first-order valence-corrected chi connectivity index (χ1v) is 7.58. The van der Waals surface area contributed by atoms with E-state index in [0.717, 1.165) is 32.4 Å². The molecule has 2 N–H and O–H groups in total. The topological polar surface area (TPSA) is 38.5 Å². The number of nitrogens with two attached hydrogens (primary N) is 1. The molecule has 0 aromatic heterocycles. The maximum Gasteiger partial charge on any atom is 0.0589 e. The van der Waals surface area contributed by atoms with Crippen LogP contribution in [0.1, 0.15) is 17.5 Å². The van der Waals surface area contributed by atoms with Crippen LogP contribution >= 0.6 is 15.9 Å². The number of hydrogen-bond acceptors (Lipinski definition) is 3. The lowest BCUT2D eigenvalue weighted by atomic mass is 9.77. The molecule has 1 aromatic rings. The first-order chi connectivity index (χ1) is 9.11. The van der Waals surface area contributed by atoms with E-state index >= 15 is 0 Å². The first-order valence-electron chi connectivity index (χ1n) is 6.79. The normalized spacial score (nSPS) is 22.6. The smallest absolute Gasteiger partial charge is 0.0589 e. The van der Waals surface area contributed by atoms with Gasteiger partial charge < -0.3 is 10.5 Å². The minimum Gasteiger partial charge on any atom is -0.383 e. The molecule has 1 atom stereocenters. The predicted octanol–water partition coefficient (Wildman–Crippen LogP) is 2.21. The van der Waals surface area contributed by atoms with Crippen molar-refractivity contribution in [2.45, 2.75) is 24.8 Å². The van der Waals surface area contributed by atoms with E-state index < -0.39 is 0 Å². The van der Waals surface area contributed by atoms with Crippen molar-refractivity contribution < 1.29 is 4.74 Å². The number of nitrogens with zero attached hydrogens (tertiary/aromatic N) is 1. The highest BCUT2D eigenvalue weighted by atomic mass is 79.9. The van der Waals surface area contributed by atoms with E-state index in [1.54, 1.807) is 7.11 Å². The lowest BCUT2D eigenvalue weighted by Gasteiger charge is -2.44. The van der Waals surface area contributed by atoms with Crippen LogP contribution in [-0.4, -0.2) is 44.3 Å². The van der Waals surface area contributed by atoms with Gasteiger partial charge in [0.15, 0.2) is 0 Å². The highest BCUT2D eigenvalue weighted by molar-refractivity contribution is 9.10. The number of rotatable bonds is 5. The molecule has 0 heterocycles. The molecule has 1 aliphatic carbocycles. The molecule has 1 unspecified atom stereocenters. The Bertz CT molecular complexity index is 438. The van der Waals surface area contributed by atoms with Crippen molar-refractivity contribution in [2.75, 3.05) is 33.9 Å². The van der Waals surface area contributed by atoms with E-state index in [9.17, 15) is 0 Å². The lowest BCUT2D eigenvalue weighted by molar-refractivity contribution is 0.0726. The van der Waals surface area contributed by atoms with Gasteiger partial charge in [-0.2, -0.15) is 0 Å². The van der Waals surface area contributed by atoms with E-state index in [4.69, 9.17) is 10.5 Å². The fourth-order valence-corrected chi connectivity index (χ4v) is 3.34. The van der Waals surface area contributed by atoms with E-state index in [1.807, 2.05) is 0 Å². The van der Waals surface area contributed by atoms with Crippen molar-refractivity contribution in [2.24, 2.45) is 5.73 Å². The van der Waals surface area contributed by atoms with Crippen LogP contribution in [0.15, 0.2) is 22.7 Å². The Morgan fingerprint density at radius 3 is 2.89 bits per heavy atom. The molecule has 2 rings (SSSR count).